The van der Waals surface area contributed by atoms with E-state index < -0.39 is 0 Å². The molecule has 1 aliphatic rings. The summed E-state index contributed by atoms with van der Waals surface area (Å²) in [5.74, 6) is 1.03. The maximum atomic E-state index is 9.61. The molecule has 1 aliphatic heterocycles. The lowest BCUT2D eigenvalue weighted by Crippen LogP contribution is -2.48. The normalized spacial score (nSPS) is 20.6. The molecule has 0 aliphatic carbocycles. The molecule has 0 spiro atoms. The number of piperazine rings is 1. The van der Waals surface area contributed by atoms with E-state index in [1.54, 1.807) is 6.26 Å². The number of furan rings is 1. The third-order valence-corrected chi connectivity index (χ3v) is 3.36. The van der Waals surface area contributed by atoms with E-state index in [0.717, 1.165) is 51.4 Å². The molecule has 0 saturated carbocycles. The van der Waals surface area contributed by atoms with Crippen LogP contribution >= 0.6 is 0 Å². The van der Waals surface area contributed by atoms with Crippen molar-refractivity contribution in [3.8, 4) is 0 Å². The van der Waals surface area contributed by atoms with Crippen LogP contribution in [0, 0.1) is 0 Å². The van der Waals surface area contributed by atoms with Crippen molar-refractivity contribution in [2.75, 3.05) is 32.7 Å². The first-order valence-electron chi connectivity index (χ1n) is 6.43. The summed E-state index contributed by atoms with van der Waals surface area (Å²) in [6.45, 7) is 7.92. The SMILES string of the molecule is CCC(O)CN1CCN(Cc2ccco2)CC1. The minimum atomic E-state index is -0.174. The second kappa shape index (κ2) is 6.19. The molecule has 1 saturated heterocycles. The van der Waals surface area contributed by atoms with Crippen molar-refractivity contribution in [1.29, 1.82) is 0 Å². The summed E-state index contributed by atoms with van der Waals surface area (Å²) in [5.41, 5.74) is 0. The smallest absolute Gasteiger partial charge is 0.117 e. The minimum absolute atomic E-state index is 0.174. The van der Waals surface area contributed by atoms with Gasteiger partial charge in [0.05, 0.1) is 18.9 Å². The Hall–Kier alpha value is -0.840. The van der Waals surface area contributed by atoms with Crippen LogP contribution in [-0.4, -0.2) is 53.7 Å². The van der Waals surface area contributed by atoms with Gasteiger partial charge in [-0.05, 0) is 18.6 Å². The highest BCUT2D eigenvalue weighted by Crippen LogP contribution is 2.09. The van der Waals surface area contributed by atoms with E-state index >= 15 is 0 Å². The van der Waals surface area contributed by atoms with Crippen LogP contribution in [-0.2, 0) is 6.54 Å². The number of hydrogen-bond acceptors (Lipinski definition) is 4. The van der Waals surface area contributed by atoms with E-state index in [9.17, 15) is 5.11 Å². The Kier molecular flexibility index (Phi) is 4.59. The highest BCUT2D eigenvalue weighted by Gasteiger charge is 2.19. The molecule has 1 unspecified atom stereocenters. The van der Waals surface area contributed by atoms with E-state index in [1.807, 2.05) is 19.1 Å². The van der Waals surface area contributed by atoms with Crippen LogP contribution in [0.4, 0.5) is 0 Å². The van der Waals surface area contributed by atoms with E-state index in [4.69, 9.17) is 4.42 Å². The molecule has 96 valence electrons. The van der Waals surface area contributed by atoms with Crippen LogP contribution in [0.2, 0.25) is 0 Å². The van der Waals surface area contributed by atoms with Crippen molar-refractivity contribution in [2.45, 2.75) is 26.0 Å². The molecule has 0 aromatic carbocycles. The first-order chi connectivity index (χ1) is 8.28. The summed E-state index contributed by atoms with van der Waals surface area (Å²) in [7, 11) is 0. The number of hydrogen-bond donors (Lipinski definition) is 1. The van der Waals surface area contributed by atoms with Crippen molar-refractivity contribution in [1.82, 2.24) is 9.80 Å². The monoisotopic (exact) mass is 238 g/mol. The van der Waals surface area contributed by atoms with Gasteiger partial charge in [-0.2, -0.15) is 0 Å². The zero-order valence-electron chi connectivity index (χ0n) is 10.5. The highest BCUT2D eigenvalue weighted by atomic mass is 16.3. The zero-order valence-corrected chi connectivity index (χ0v) is 10.5. The fraction of sp³-hybridized carbons (Fsp3) is 0.692. The lowest BCUT2D eigenvalue weighted by Gasteiger charge is -2.35. The van der Waals surface area contributed by atoms with Crippen LogP contribution in [0.25, 0.3) is 0 Å². The second-order valence-electron chi connectivity index (χ2n) is 4.72. The molecule has 2 heterocycles. The first-order valence-corrected chi connectivity index (χ1v) is 6.43. The van der Waals surface area contributed by atoms with Crippen molar-refractivity contribution in [3.05, 3.63) is 24.2 Å². The van der Waals surface area contributed by atoms with Crippen LogP contribution in [0.1, 0.15) is 19.1 Å². The Balaban J connectivity index is 1.71. The molecule has 4 heteroatoms. The second-order valence-corrected chi connectivity index (χ2v) is 4.72. The number of rotatable bonds is 5. The fourth-order valence-corrected chi connectivity index (χ4v) is 2.18. The molecular weight excluding hydrogens is 216 g/mol. The summed E-state index contributed by atoms with van der Waals surface area (Å²) in [6, 6.07) is 3.95. The highest BCUT2D eigenvalue weighted by molar-refractivity contribution is 4.98. The van der Waals surface area contributed by atoms with Gasteiger partial charge in [-0.25, -0.2) is 0 Å². The molecule has 17 heavy (non-hydrogen) atoms. The van der Waals surface area contributed by atoms with Gasteiger partial charge in [0.1, 0.15) is 5.76 Å². The lowest BCUT2D eigenvalue weighted by atomic mass is 10.2. The zero-order chi connectivity index (χ0) is 12.1. The Bertz CT molecular complexity index is 305. The number of aliphatic hydroxyl groups is 1. The fourth-order valence-electron chi connectivity index (χ4n) is 2.18. The van der Waals surface area contributed by atoms with Gasteiger partial charge < -0.3 is 9.52 Å². The molecule has 2 rings (SSSR count). The van der Waals surface area contributed by atoms with Crippen molar-refractivity contribution in [3.63, 3.8) is 0 Å². The van der Waals surface area contributed by atoms with Crippen LogP contribution in [0.15, 0.2) is 22.8 Å². The Morgan fingerprint density at radius 2 is 2.00 bits per heavy atom. The van der Waals surface area contributed by atoms with Gasteiger partial charge in [0, 0.05) is 32.7 Å². The average molecular weight is 238 g/mol. The van der Waals surface area contributed by atoms with Gasteiger partial charge in [0.2, 0.25) is 0 Å². The maximum Gasteiger partial charge on any atom is 0.117 e. The van der Waals surface area contributed by atoms with Gasteiger partial charge >= 0.3 is 0 Å². The summed E-state index contributed by atoms with van der Waals surface area (Å²) < 4.78 is 5.35. The number of nitrogens with zero attached hydrogens (tertiary/aromatic N) is 2. The van der Waals surface area contributed by atoms with E-state index in [2.05, 4.69) is 9.80 Å². The molecule has 0 amide bonds. The first kappa shape index (κ1) is 12.6. The third kappa shape index (κ3) is 3.84. The minimum Gasteiger partial charge on any atom is -0.468 e. The average Bonchev–Trinajstić information content (AvgIpc) is 2.84. The predicted molar refractivity (Wildman–Crippen MR) is 66.7 cm³/mol. The summed E-state index contributed by atoms with van der Waals surface area (Å²) in [5, 5.41) is 9.61. The predicted octanol–water partition coefficient (Wildman–Crippen LogP) is 1.17. The summed E-state index contributed by atoms with van der Waals surface area (Å²) >= 11 is 0. The lowest BCUT2D eigenvalue weighted by molar-refractivity contribution is 0.0664. The molecule has 4 nitrogen and oxygen atoms in total. The molecule has 1 aromatic heterocycles. The van der Waals surface area contributed by atoms with E-state index in [1.165, 1.54) is 0 Å². The summed E-state index contributed by atoms with van der Waals surface area (Å²) in [4.78, 5) is 4.74. The Morgan fingerprint density at radius 1 is 1.29 bits per heavy atom. The van der Waals surface area contributed by atoms with Gasteiger partial charge in [-0.3, -0.25) is 9.80 Å². The van der Waals surface area contributed by atoms with Crippen LogP contribution in [0.5, 0.6) is 0 Å². The van der Waals surface area contributed by atoms with Crippen LogP contribution in [0.3, 0.4) is 0 Å². The molecular formula is C13H22N2O2. The van der Waals surface area contributed by atoms with Gasteiger partial charge in [0.15, 0.2) is 0 Å². The van der Waals surface area contributed by atoms with Crippen molar-refractivity contribution in [2.24, 2.45) is 0 Å². The van der Waals surface area contributed by atoms with Crippen molar-refractivity contribution >= 4 is 0 Å². The Labute approximate surface area is 103 Å². The van der Waals surface area contributed by atoms with E-state index in [-0.39, 0.29) is 6.10 Å². The van der Waals surface area contributed by atoms with Crippen LogP contribution < -0.4 is 0 Å². The standard InChI is InChI=1S/C13H22N2O2/c1-2-12(16)10-14-5-7-15(8-6-14)11-13-4-3-9-17-13/h3-4,9,12,16H,2,5-8,10-11H2,1H3. The molecule has 1 fully saturated rings. The van der Waals surface area contributed by atoms with Crippen molar-refractivity contribution < 1.29 is 9.52 Å². The molecule has 1 aromatic rings. The molecule has 0 radical (unpaired) electrons. The van der Waals surface area contributed by atoms with E-state index in [0.29, 0.717) is 0 Å². The van der Waals surface area contributed by atoms with Gasteiger partial charge in [-0.15, -0.1) is 0 Å². The largest absolute Gasteiger partial charge is 0.468 e. The molecule has 1 atom stereocenters. The maximum absolute atomic E-state index is 9.61. The molecule has 1 N–H and O–H groups in total. The van der Waals surface area contributed by atoms with Gasteiger partial charge in [0.25, 0.3) is 0 Å². The Morgan fingerprint density at radius 3 is 2.59 bits per heavy atom. The topological polar surface area (TPSA) is 39.9 Å². The summed E-state index contributed by atoms with van der Waals surface area (Å²) in [6.07, 6.45) is 2.39. The third-order valence-electron chi connectivity index (χ3n) is 3.36. The number of β-amino-alcohol motifs (C(OH)–C–C–N with tert-alkyl or cyclic N) is 1. The number of aliphatic hydroxyl groups excluding tert-OH is 1. The quantitative estimate of drug-likeness (QED) is 0.836. The van der Waals surface area contributed by atoms with Gasteiger partial charge in [-0.1, -0.05) is 6.92 Å². The molecule has 0 bridgehead atoms.